The summed E-state index contributed by atoms with van der Waals surface area (Å²) >= 11 is 5.17. The number of hydrogen-bond acceptors (Lipinski definition) is 1. The SMILES string of the molecule is CCC1CCCN1C(=S)NC. The molecule has 3 heteroatoms. The van der Waals surface area contributed by atoms with E-state index in [0.717, 1.165) is 11.7 Å². The fourth-order valence-corrected chi connectivity index (χ4v) is 1.91. The Morgan fingerprint density at radius 1 is 1.73 bits per heavy atom. The van der Waals surface area contributed by atoms with Gasteiger partial charge in [0.25, 0.3) is 0 Å². The molecule has 1 N–H and O–H groups in total. The first-order valence-electron chi connectivity index (χ1n) is 4.28. The lowest BCUT2D eigenvalue weighted by atomic mass is 10.2. The zero-order valence-electron chi connectivity index (χ0n) is 7.26. The molecule has 1 saturated heterocycles. The van der Waals surface area contributed by atoms with E-state index in [9.17, 15) is 0 Å². The summed E-state index contributed by atoms with van der Waals surface area (Å²) in [5, 5.41) is 3.94. The van der Waals surface area contributed by atoms with Crippen LogP contribution in [0.4, 0.5) is 0 Å². The van der Waals surface area contributed by atoms with E-state index in [2.05, 4.69) is 17.1 Å². The molecule has 1 fully saturated rings. The van der Waals surface area contributed by atoms with Gasteiger partial charge >= 0.3 is 0 Å². The summed E-state index contributed by atoms with van der Waals surface area (Å²) in [5.74, 6) is 0. The van der Waals surface area contributed by atoms with Gasteiger partial charge in [0.1, 0.15) is 0 Å². The van der Waals surface area contributed by atoms with Crippen LogP contribution in [0.1, 0.15) is 26.2 Å². The molecule has 0 aromatic rings. The van der Waals surface area contributed by atoms with Gasteiger partial charge in [-0.1, -0.05) is 6.92 Å². The first-order valence-corrected chi connectivity index (χ1v) is 4.68. The van der Waals surface area contributed by atoms with Crippen LogP contribution in [0, 0.1) is 0 Å². The summed E-state index contributed by atoms with van der Waals surface area (Å²) in [5.41, 5.74) is 0. The summed E-state index contributed by atoms with van der Waals surface area (Å²) in [6.07, 6.45) is 3.81. The molecule has 1 rings (SSSR count). The van der Waals surface area contributed by atoms with Crippen LogP contribution in [0.5, 0.6) is 0 Å². The number of thiocarbonyl (C=S) groups is 1. The summed E-state index contributed by atoms with van der Waals surface area (Å²) in [6, 6.07) is 0.690. The van der Waals surface area contributed by atoms with Crippen molar-refractivity contribution in [2.75, 3.05) is 13.6 Å². The fourth-order valence-electron chi connectivity index (χ4n) is 1.67. The molecule has 0 spiro atoms. The smallest absolute Gasteiger partial charge is 0.168 e. The number of nitrogens with zero attached hydrogens (tertiary/aromatic N) is 1. The second-order valence-electron chi connectivity index (χ2n) is 2.95. The summed E-state index contributed by atoms with van der Waals surface area (Å²) in [6.45, 7) is 3.36. The van der Waals surface area contributed by atoms with Crippen LogP contribution in [0.25, 0.3) is 0 Å². The van der Waals surface area contributed by atoms with Gasteiger partial charge < -0.3 is 10.2 Å². The van der Waals surface area contributed by atoms with Crippen molar-refractivity contribution in [2.45, 2.75) is 32.2 Å². The van der Waals surface area contributed by atoms with E-state index in [1.165, 1.54) is 19.3 Å². The lowest BCUT2D eigenvalue weighted by molar-refractivity contribution is 0.376. The number of rotatable bonds is 1. The molecule has 1 aliphatic heterocycles. The Labute approximate surface area is 74.0 Å². The third-order valence-corrected chi connectivity index (χ3v) is 2.76. The Morgan fingerprint density at radius 3 is 3.00 bits per heavy atom. The fraction of sp³-hybridized carbons (Fsp3) is 0.875. The third kappa shape index (κ3) is 1.83. The van der Waals surface area contributed by atoms with Gasteiger partial charge in [-0.2, -0.15) is 0 Å². The lowest BCUT2D eigenvalue weighted by Gasteiger charge is -2.25. The van der Waals surface area contributed by atoms with Crippen LogP contribution in [-0.2, 0) is 0 Å². The molecular weight excluding hydrogens is 156 g/mol. The second-order valence-corrected chi connectivity index (χ2v) is 3.34. The average Bonchev–Trinajstić information content (AvgIpc) is 2.50. The van der Waals surface area contributed by atoms with Crippen molar-refractivity contribution in [1.82, 2.24) is 10.2 Å². The molecule has 0 aromatic heterocycles. The number of hydrogen-bond donors (Lipinski definition) is 1. The molecule has 11 heavy (non-hydrogen) atoms. The topological polar surface area (TPSA) is 15.3 Å². The van der Waals surface area contributed by atoms with Crippen LogP contribution < -0.4 is 5.32 Å². The van der Waals surface area contributed by atoms with Crippen molar-refractivity contribution < 1.29 is 0 Å². The summed E-state index contributed by atoms with van der Waals surface area (Å²) in [7, 11) is 1.90. The standard InChI is InChI=1S/C8H16N2S/c1-3-7-5-4-6-10(7)8(11)9-2/h7H,3-6H2,1-2H3,(H,9,11). The highest BCUT2D eigenvalue weighted by Gasteiger charge is 2.23. The first kappa shape index (κ1) is 8.78. The molecule has 1 atom stereocenters. The highest BCUT2D eigenvalue weighted by atomic mass is 32.1. The molecule has 1 heterocycles. The van der Waals surface area contributed by atoms with Crippen LogP contribution in [0.2, 0.25) is 0 Å². The van der Waals surface area contributed by atoms with Gasteiger partial charge in [0.05, 0.1) is 0 Å². The first-order chi connectivity index (χ1) is 5.29. The largest absolute Gasteiger partial charge is 0.366 e. The minimum Gasteiger partial charge on any atom is -0.366 e. The Bertz CT molecular complexity index is 147. The Kier molecular flexibility index (Phi) is 3.12. The van der Waals surface area contributed by atoms with Crippen molar-refractivity contribution in [3.05, 3.63) is 0 Å². The van der Waals surface area contributed by atoms with Gasteiger partial charge in [-0.05, 0) is 31.5 Å². The van der Waals surface area contributed by atoms with E-state index < -0.39 is 0 Å². The summed E-state index contributed by atoms with van der Waals surface area (Å²) in [4.78, 5) is 2.30. The van der Waals surface area contributed by atoms with Gasteiger partial charge in [-0.25, -0.2) is 0 Å². The Morgan fingerprint density at radius 2 is 2.45 bits per heavy atom. The molecule has 2 nitrogen and oxygen atoms in total. The number of likely N-dealkylation sites (tertiary alicyclic amines) is 1. The molecule has 0 bridgehead atoms. The number of nitrogens with one attached hydrogen (secondary N) is 1. The van der Waals surface area contributed by atoms with Crippen molar-refractivity contribution in [1.29, 1.82) is 0 Å². The van der Waals surface area contributed by atoms with Gasteiger partial charge in [0.2, 0.25) is 0 Å². The van der Waals surface area contributed by atoms with Crippen molar-refractivity contribution in [3.63, 3.8) is 0 Å². The van der Waals surface area contributed by atoms with Crippen LogP contribution in [-0.4, -0.2) is 29.6 Å². The maximum atomic E-state index is 5.17. The Balaban J connectivity index is 2.49. The van der Waals surface area contributed by atoms with E-state index in [1.807, 2.05) is 7.05 Å². The van der Waals surface area contributed by atoms with Crippen molar-refractivity contribution >= 4 is 17.3 Å². The quantitative estimate of drug-likeness (QED) is 0.601. The molecule has 0 amide bonds. The van der Waals surface area contributed by atoms with Crippen LogP contribution in [0.3, 0.4) is 0 Å². The third-order valence-electron chi connectivity index (χ3n) is 2.32. The highest BCUT2D eigenvalue weighted by molar-refractivity contribution is 7.80. The van der Waals surface area contributed by atoms with E-state index in [1.54, 1.807) is 0 Å². The zero-order chi connectivity index (χ0) is 8.27. The molecule has 0 saturated carbocycles. The van der Waals surface area contributed by atoms with E-state index in [0.29, 0.717) is 6.04 Å². The zero-order valence-corrected chi connectivity index (χ0v) is 8.08. The van der Waals surface area contributed by atoms with Gasteiger partial charge in [0, 0.05) is 19.6 Å². The predicted octanol–water partition coefficient (Wildman–Crippen LogP) is 1.37. The summed E-state index contributed by atoms with van der Waals surface area (Å²) < 4.78 is 0. The Hall–Kier alpha value is -0.310. The van der Waals surface area contributed by atoms with E-state index >= 15 is 0 Å². The normalized spacial score (nSPS) is 23.8. The lowest BCUT2D eigenvalue weighted by Crippen LogP contribution is -2.40. The molecule has 1 aliphatic rings. The van der Waals surface area contributed by atoms with E-state index in [4.69, 9.17) is 12.2 Å². The van der Waals surface area contributed by atoms with E-state index in [-0.39, 0.29) is 0 Å². The highest BCUT2D eigenvalue weighted by Crippen LogP contribution is 2.19. The molecular formula is C8H16N2S. The predicted molar refractivity (Wildman–Crippen MR) is 51.7 cm³/mol. The van der Waals surface area contributed by atoms with Gasteiger partial charge in [-0.15, -0.1) is 0 Å². The van der Waals surface area contributed by atoms with Crippen molar-refractivity contribution in [2.24, 2.45) is 0 Å². The molecule has 1 unspecified atom stereocenters. The van der Waals surface area contributed by atoms with Crippen molar-refractivity contribution in [3.8, 4) is 0 Å². The minimum absolute atomic E-state index is 0.690. The average molecular weight is 172 g/mol. The maximum Gasteiger partial charge on any atom is 0.168 e. The second kappa shape index (κ2) is 3.90. The molecule has 0 radical (unpaired) electrons. The molecule has 64 valence electrons. The van der Waals surface area contributed by atoms with Crippen LogP contribution in [0.15, 0.2) is 0 Å². The molecule has 0 aromatic carbocycles. The van der Waals surface area contributed by atoms with Gasteiger partial charge in [-0.3, -0.25) is 0 Å². The molecule has 0 aliphatic carbocycles. The van der Waals surface area contributed by atoms with Crippen LogP contribution >= 0.6 is 12.2 Å². The monoisotopic (exact) mass is 172 g/mol. The minimum atomic E-state index is 0.690. The van der Waals surface area contributed by atoms with Gasteiger partial charge in [0.15, 0.2) is 5.11 Å². The maximum absolute atomic E-state index is 5.17.